The van der Waals surface area contributed by atoms with Crippen LogP contribution in [0, 0.1) is 13.8 Å². The first-order valence-corrected chi connectivity index (χ1v) is 9.49. The summed E-state index contributed by atoms with van der Waals surface area (Å²) in [7, 11) is 0. The predicted molar refractivity (Wildman–Crippen MR) is 100 cm³/mol. The Morgan fingerprint density at radius 3 is 2.64 bits per heavy atom. The molecule has 1 saturated heterocycles. The molecule has 0 N–H and O–H groups in total. The smallest absolute Gasteiger partial charge is 0.254 e. The largest absolute Gasteiger partial charge is 0.331 e. The van der Waals surface area contributed by atoms with Crippen LogP contribution in [0.5, 0.6) is 0 Å². The molecule has 1 aliphatic rings. The molecule has 2 aromatic heterocycles. The standard InChI is InChI=1S/C20H21N3OS/c1-14-13-15(2)23(21-14)17-9-7-16(8-10-17)20(24)22-11-3-5-18(22)19-6-4-12-25-19/h4,6-10,12-13,18H,3,5,11H2,1-2H3. The fraction of sp³-hybridized carbons (Fsp3) is 0.300. The molecule has 1 atom stereocenters. The highest BCUT2D eigenvalue weighted by molar-refractivity contribution is 7.10. The molecule has 1 aliphatic heterocycles. The van der Waals surface area contributed by atoms with Gasteiger partial charge in [0.15, 0.2) is 0 Å². The second kappa shape index (κ2) is 6.48. The number of aromatic nitrogens is 2. The van der Waals surface area contributed by atoms with E-state index in [0.29, 0.717) is 0 Å². The van der Waals surface area contributed by atoms with Crippen molar-refractivity contribution in [3.05, 3.63) is 69.7 Å². The molecule has 128 valence electrons. The molecule has 1 aromatic carbocycles. The van der Waals surface area contributed by atoms with Crippen molar-refractivity contribution >= 4 is 17.2 Å². The van der Waals surface area contributed by atoms with Gasteiger partial charge in [-0.15, -0.1) is 11.3 Å². The van der Waals surface area contributed by atoms with Gasteiger partial charge in [-0.25, -0.2) is 4.68 Å². The van der Waals surface area contributed by atoms with Gasteiger partial charge in [0.25, 0.3) is 5.91 Å². The number of carbonyl (C=O) groups is 1. The Hall–Kier alpha value is -2.40. The lowest BCUT2D eigenvalue weighted by Gasteiger charge is -2.24. The Morgan fingerprint density at radius 2 is 2.00 bits per heavy atom. The molecule has 1 amide bonds. The molecule has 0 radical (unpaired) electrons. The average Bonchev–Trinajstić information content (AvgIpc) is 3.34. The van der Waals surface area contributed by atoms with Crippen LogP contribution in [-0.2, 0) is 0 Å². The van der Waals surface area contributed by atoms with E-state index in [0.717, 1.165) is 42.0 Å². The van der Waals surface area contributed by atoms with E-state index >= 15 is 0 Å². The van der Waals surface area contributed by atoms with Gasteiger partial charge in [0.2, 0.25) is 0 Å². The summed E-state index contributed by atoms with van der Waals surface area (Å²) < 4.78 is 1.91. The van der Waals surface area contributed by atoms with E-state index in [1.54, 1.807) is 11.3 Å². The average molecular weight is 351 g/mol. The number of thiophene rings is 1. The van der Waals surface area contributed by atoms with Crippen molar-refractivity contribution in [3.63, 3.8) is 0 Å². The van der Waals surface area contributed by atoms with Crippen LogP contribution in [-0.4, -0.2) is 27.1 Å². The highest BCUT2D eigenvalue weighted by Crippen LogP contribution is 2.35. The monoisotopic (exact) mass is 351 g/mol. The molecule has 4 nitrogen and oxygen atoms in total. The van der Waals surface area contributed by atoms with Gasteiger partial charge in [0.05, 0.1) is 17.4 Å². The first-order chi connectivity index (χ1) is 12.1. The summed E-state index contributed by atoms with van der Waals surface area (Å²) in [5, 5.41) is 6.58. The van der Waals surface area contributed by atoms with Crippen molar-refractivity contribution in [1.29, 1.82) is 0 Å². The summed E-state index contributed by atoms with van der Waals surface area (Å²) in [4.78, 5) is 16.3. The zero-order chi connectivity index (χ0) is 17.4. The number of benzene rings is 1. The molecule has 4 rings (SSSR count). The van der Waals surface area contributed by atoms with E-state index in [4.69, 9.17) is 0 Å². The van der Waals surface area contributed by atoms with E-state index in [1.807, 2.05) is 47.7 Å². The predicted octanol–water partition coefficient (Wildman–Crippen LogP) is 4.53. The molecule has 0 saturated carbocycles. The molecule has 25 heavy (non-hydrogen) atoms. The van der Waals surface area contributed by atoms with Crippen LogP contribution >= 0.6 is 11.3 Å². The molecular formula is C20H21N3OS. The summed E-state index contributed by atoms with van der Waals surface area (Å²) in [5.74, 6) is 0.121. The van der Waals surface area contributed by atoms with Crippen molar-refractivity contribution in [2.45, 2.75) is 32.7 Å². The zero-order valence-corrected chi connectivity index (χ0v) is 15.3. The molecule has 1 fully saturated rings. The van der Waals surface area contributed by atoms with E-state index in [1.165, 1.54) is 4.88 Å². The third-order valence-electron chi connectivity index (χ3n) is 4.75. The summed E-state index contributed by atoms with van der Waals surface area (Å²) in [6.07, 6.45) is 2.12. The topological polar surface area (TPSA) is 38.1 Å². The van der Waals surface area contributed by atoms with Gasteiger partial charge in [0, 0.05) is 22.7 Å². The molecule has 3 heterocycles. The number of hydrogen-bond acceptors (Lipinski definition) is 3. The second-order valence-corrected chi connectivity index (χ2v) is 7.54. The normalized spacial score (nSPS) is 17.2. The van der Waals surface area contributed by atoms with Crippen molar-refractivity contribution in [3.8, 4) is 5.69 Å². The maximum atomic E-state index is 13.0. The Kier molecular flexibility index (Phi) is 4.17. The van der Waals surface area contributed by atoms with E-state index in [9.17, 15) is 4.79 Å². The maximum Gasteiger partial charge on any atom is 0.254 e. The van der Waals surface area contributed by atoms with Crippen molar-refractivity contribution in [2.75, 3.05) is 6.54 Å². The highest BCUT2D eigenvalue weighted by Gasteiger charge is 2.31. The van der Waals surface area contributed by atoms with Crippen LogP contribution in [0.3, 0.4) is 0 Å². The van der Waals surface area contributed by atoms with Crippen LogP contribution in [0.1, 0.15) is 45.5 Å². The summed E-state index contributed by atoms with van der Waals surface area (Å²) in [5.41, 5.74) is 3.81. The van der Waals surface area contributed by atoms with Gasteiger partial charge in [-0.3, -0.25) is 4.79 Å². The van der Waals surface area contributed by atoms with Gasteiger partial charge in [-0.1, -0.05) is 6.07 Å². The maximum absolute atomic E-state index is 13.0. The van der Waals surface area contributed by atoms with Gasteiger partial charge >= 0.3 is 0 Å². The van der Waals surface area contributed by atoms with E-state index in [-0.39, 0.29) is 11.9 Å². The van der Waals surface area contributed by atoms with Gasteiger partial charge in [-0.2, -0.15) is 5.10 Å². The highest BCUT2D eigenvalue weighted by atomic mass is 32.1. The summed E-state index contributed by atoms with van der Waals surface area (Å²) in [6, 6.07) is 14.2. The fourth-order valence-electron chi connectivity index (χ4n) is 3.59. The van der Waals surface area contributed by atoms with Gasteiger partial charge < -0.3 is 4.90 Å². The molecule has 0 spiro atoms. The number of aryl methyl sites for hydroxylation is 2. The van der Waals surface area contributed by atoms with E-state index in [2.05, 4.69) is 28.7 Å². The number of hydrogen-bond donors (Lipinski definition) is 0. The van der Waals surface area contributed by atoms with Crippen molar-refractivity contribution in [1.82, 2.24) is 14.7 Å². The lowest BCUT2D eigenvalue weighted by atomic mass is 10.1. The molecule has 0 bridgehead atoms. The fourth-order valence-corrected chi connectivity index (χ4v) is 4.46. The molecular weight excluding hydrogens is 330 g/mol. The lowest BCUT2D eigenvalue weighted by molar-refractivity contribution is 0.0738. The number of nitrogens with zero attached hydrogens (tertiary/aromatic N) is 3. The van der Waals surface area contributed by atoms with Crippen LogP contribution in [0.2, 0.25) is 0 Å². The van der Waals surface area contributed by atoms with Crippen LogP contribution in [0.25, 0.3) is 5.69 Å². The van der Waals surface area contributed by atoms with Gasteiger partial charge in [-0.05, 0) is 68.5 Å². The Bertz CT molecular complexity index is 880. The number of rotatable bonds is 3. The minimum atomic E-state index is 0.121. The second-order valence-electron chi connectivity index (χ2n) is 6.56. The molecule has 5 heteroatoms. The minimum absolute atomic E-state index is 0.121. The SMILES string of the molecule is Cc1cc(C)n(-c2ccc(C(=O)N3CCCC3c3cccs3)cc2)n1. The molecule has 0 aliphatic carbocycles. The Morgan fingerprint density at radius 1 is 1.20 bits per heavy atom. The quantitative estimate of drug-likeness (QED) is 0.695. The molecule has 1 unspecified atom stereocenters. The van der Waals surface area contributed by atoms with Crippen LogP contribution in [0.15, 0.2) is 47.8 Å². The van der Waals surface area contributed by atoms with E-state index < -0.39 is 0 Å². The zero-order valence-electron chi connectivity index (χ0n) is 14.5. The van der Waals surface area contributed by atoms with Crippen LogP contribution in [0.4, 0.5) is 0 Å². The van der Waals surface area contributed by atoms with Crippen LogP contribution < -0.4 is 0 Å². The summed E-state index contributed by atoms with van der Waals surface area (Å²) in [6.45, 7) is 4.86. The number of carbonyl (C=O) groups excluding carboxylic acids is 1. The van der Waals surface area contributed by atoms with Crippen molar-refractivity contribution in [2.24, 2.45) is 0 Å². The number of amides is 1. The summed E-state index contributed by atoms with van der Waals surface area (Å²) >= 11 is 1.73. The first kappa shape index (κ1) is 16.1. The first-order valence-electron chi connectivity index (χ1n) is 8.61. The molecule has 3 aromatic rings. The number of likely N-dealkylation sites (tertiary alicyclic amines) is 1. The lowest BCUT2D eigenvalue weighted by Crippen LogP contribution is -2.30. The Labute approximate surface area is 151 Å². The Balaban J connectivity index is 1.57. The minimum Gasteiger partial charge on any atom is -0.331 e. The van der Waals surface area contributed by atoms with Gasteiger partial charge in [0.1, 0.15) is 0 Å². The van der Waals surface area contributed by atoms with Crippen molar-refractivity contribution < 1.29 is 4.79 Å². The third kappa shape index (κ3) is 3.00. The third-order valence-corrected chi connectivity index (χ3v) is 5.73.